The van der Waals surface area contributed by atoms with Gasteiger partial charge in [-0.3, -0.25) is 14.4 Å². The molecule has 6 heteroatoms. The number of nitrogens with one attached hydrogen (secondary N) is 2. The molecule has 2 amide bonds. The van der Waals surface area contributed by atoms with Crippen LogP contribution in [0.3, 0.4) is 0 Å². The van der Waals surface area contributed by atoms with Crippen LogP contribution >= 0.6 is 0 Å². The molecule has 6 nitrogen and oxygen atoms in total. The zero-order chi connectivity index (χ0) is 19.8. The molecule has 2 N–H and O–H groups in total. The number of Topliss-reactive ketones (excluding diaryl/α,β-unsaturated/α-hetero) is 1. The average molecular weight is 371 g/mol. The van der Waals surface area contributed by atoms with Crippen LogP contribution in [-0.2, 0) is 19.1 Å². The lowest BCUT2D eigenvalue weighted by atomic mass is 9.95. The Morgan fingerprint density at radius 1 is 1.00 bits per heavy atom. The van der Waals surface area contributed by atoms with Crippen molar-refractivity contribution in [1.82, 2.24) is 10.6 Å². The summed E-state index contributed by atoms with van der Waals surface area (Å²) < 4.78 is 5.15. The summed E-state index contributed by atoms with van der Waals surface area (Å²) in [6.45, 7) is 6.27. The minimum atomic E-state index is 0.0284. The second kappa shape index (κ2) is 15.8. The SMILES string of the molecule is CCC(=O)CCCC(=O)NC1CCCCC1.CNC(=O)CCOC(C)C. The molecule has 0 radical (unpaired) electrons. The topological polar surface area (TPSA) is 84.5 Å². The van der Waals surface area contributed by atoms with E-state index in [4.69, 9.17) is 4.74 Å². The molecule has 1 fully saturated rings. The predicted octanol–water partition coefficient (Wildman–Crippen LogP) is 3.13. The first-order chi connectivity index (χ1) is 12.4. The fraction of sp³-hybridized carbons (Fsp3) is 0.850. The summed E-state index contributed by atoms with van der Waals surface area (Å²) in [4.78, 5) is 33.2. The molecule has 152 valence electrons. The van der Waals surface area contributed by atoms with Crippen LogP contribution in [0.1, 0.15) is 85.0 Å². The van der Waals surface area contributed by atoms with E-state index in [0.29, 0.717) is 44.8 Å². The molecule has 1 rings (SSSR count). The van der Waals surface area contributed by atoms with Gasteiger partial charge in [0, 0.05) is 38.8 Å². The summed E-state index contributed by atoms with van der Waals surface area (Å²) in [6.07, 6.45) is 9.03. The Bertz CT molecular complexity index is 405. The fourth-order valence-corrected chi connectivity index (χ4v) is 2.68. The highest BCUT2D eigenvalue weighted by Gasteiger charge is 2.15. The van der Waals surface area contributed by atoms with E-state index in [9.17, 15) is 14.4 Å². The smallest absolute Gasteiger partial charge is 0.222 e. The van der Waals surface area contributed by atoms with E-state index in [-0.39, 0.29) is 23.7 Å². The molecule has 0 saturated heterocycles. The van der Waals surface area contributed by atoms with Crippen molar-refractivity contribution in [2.45, 2.75) is 97.1 Å². The summed E-state index contributed by atoms with van der Waals surface area (Å²) in [5.41, 5.74) is 0. The normalized spacial score (nSPS) is 14.3. The van der Waals surface area contributed by atoms with Crippen molar-refractivity contribution in [2.24, 2.45) is 0 Å². The third kappa shape index (κ3) is 14.9. The monoisotopic (exact) mass is 370 g/mol. The standard InChI is InChI=1S/C13H23NO2.C7H15NO2/c1-2-12(15)9-6-10-13(16)14-11-7-4-3-5-8-11;1-6(2)10-5-4-7(9)8-3/h11H,2-10H2,1H3,(H,14,16);6H,4-5H2,1-3H3,(H,8,9). The second-order valence-corrected chi connectivity index (χ2v) is 6.99. The number of ether oxygens (including phenoxy) is 1. The quantitative estimate of drug-likeness (QED) is 0.619. The van der Waals surface area contributed by atoms with Crippen molar-refractivity contribution in [3.63, 3.8) is 0 Å². The number of hydrogen-bond donors (Lipinski definition) is 2. The van der Waals surface area contributed by atoms with Gasteiger partial charge in [-0.2, -0.15) is 0 Å². The van der Waals surface area contributed by atoms with Crippen LogP contribution in [0.4, 0.5) is 0 Å². The van der Waals surface area contributed by atoms with Crippen LogP contribution in [0.15, 0.2) is 0 Å². The molecule has 1 aliphatic rings. The van der Waals surface area contributed by atoms with Crippen LogP contribution in [0.25, 0.3) is 0 Å². The number of hydrogen-bond acceptors (Lipinski definition) is 4. The van der Waals surface area contributed by atoms with Crippen LogP contribution in [0.2, 0.25) is 0 Å². The fourth-order valence-electron chi connectivity index (χ4n) is 2.68. The Morgan fingerprint density at radius 3 is 2.19 bits per heavy atom. The highest BCUT2D eigenvalue weighted by molar-refractivity contribution is 5.80. The predicted molar refractivity (Wildman–Crippen MR) is 104 cm³/mol. The Balaban J connectivity index is 0.000000541. The first kappa shape index (κ1) is 24.6. The molecule has 0 heterocycles. The van der Waals surface area contributed by atoms with E-state index in [1.165, 1.54) is 19.3 Å². The van der Waals surface area contributed by atoms with Crippen molar-refractivity contribution < 1.29 is 19.1 Å². The van der Waals surface area contributed by atoms with Gasteiger partial charge in [0.25, 0.3) is 0 Å². The first-order valence-electron chi connectivity index (χ1n) is 10.0. The van der Waals surface area contributed by atoms with Gasteiger partial charge in [0.05, 0.1) is 12.7 Å². The highest BCUT2D eigenvalue weighted by Crippen LogP contribution is 2.17. The second-order valence-electron chi connectivity index (χ2n) is 6.99. The minimum Gasteiger partial charge on any atom is -0.378 e. The maximum Gasteiger partial charge on any atom is 0.222 e. The molecule has 0 aromatic heterocycles. The lowest BCUT2D eigenvalue weighted by Crippen LogP contribution is -2.36. The number of carbonyl (C=O) groups excluding carboxylic acids is 3. The number of rotatable bonds is 10. The maximum atomic E-state index is 11.6. The Labute approximate surface area is 158 Å². The summed E-state index contributed by atoms with van der Waals surface area (Å²) in [6, 6.07) is 0.392. The molecular weight excluding hydrogens is 332 g/mol. The highest BCUT2D eigenvalue weighted by atomic mass is 16.5. The van der Waals surface area contributed by atoms with Crippen molar-refractivity contribution >= 4 is 17.6 Å². The first-order valence-corrected chi connectivity index (χ1v) is 10.0. The molecule has 1 saturated carbocycles. The van der Waals surface area contributed by atoms with Gasteiger partial charge in [0.15, 0.2) is 0 Å². The van der Waals surface area contributed by atoms with E-state index < -0.39 is 0 Å². The number of ketones is 1. The Kier molecular flexibility index (Phi) is 14.9. The van der Waals surface area contributed by atoms with Crippen LogP contribution in [0.5, 0.6) is 0 Å². The van der Waals surface area contributed by atoms with Gasteiger partial charge in [-0.1, -0.05) is 26.2 Å². The average Bonchev–Trinajstić information content (AvgIpc) is 2.62. The molecule has 0 spiro atoms. The molecule has 0 unspecified atom stereocenters. The van der Waals surface area contributed by atoms with E-state index in [1.54, 1.807) is 7.05 Å². The summed E-state index contributed by atoms with van der Waals surface area (Å²) in [7, 11) is 1.62. The molecule has 1 aliphatic carbocycles. The maximum absolute atomic E-state index is 11.6. The van der Waals surface area contributed by atoms with Crippen molar-refractivity contribution in [2.75, 3.05) is 13.7 Å². The minimum absolute atomic E-state index is 0.0284. The van der Waals surface area contributed by atoms with Crippen molar-refractivity contribution in [3.8, 4) is 0 Å². The van der Waals surface area contributed by atoms with Crippen LogP contribution < -0.4 is 10.6 Å². The molecular formula is C20H38N2O4. The van der Waals surface area contributed by atoms with Gasteiger partial charge in [-0.05, 0) is 33.1 Å². The van der Waals surface area contributed by atoms with Gasteiger partial charge in [0.1, 0.15) is 5.78 Å². The van der Waals surface area contributed by atoms with Crippen molar-refractivity contribution in [1.29, 1.82) is 0 Å². The Morgan fingerprint density at radius 2 is 1.65 bits per heavy atom. The number of amides is 2. The Hall–Kier alpha value is -1.43. The van der Waals surface area contributed by atoms with E-state index in [2.05, 4.69) is 10.6 Å². The molecule has 26 heavy (non-hydrogen) atoms. The third-order valence-electron chi connectivity index (χ3n) is 4.28. The molecule has 0 atom stereocenters. The largest absolute Gasteiger partial charge is 0.378 e. The number of carbonyl (C=O) groups is 3. The van der Waals surface area contributed by atoms with Crippen molar-refractivity contribution in [3.05, 3.63) is 0 Å². The van der Waals surface area contributed by atoms with Crippen LogP contribution in [0, 0.1) is 0 Å². The molecule has 0 aliphatic heterocycles. The van der Waals surface area contributed by atoms with Gasteiger partial charge >= 0.3 is 0 Å². The van der Waals surface area contributed by atoms with E-state index in [1.807, 2.05) is 20.8 Å². The molecule has 0 aromatic carbocycles. The zero-order valence-corrected chi connectivity index (χ0v) is 17.1. The van der Waals surface area contributed by atoms with Gasteiger partial charge in [-0.15, -0.1) is 0 Å². The molecule has 0 bridgehead atoms. The summed E-state index contributed by atoms with van der Waals surface area (Å²) >= 11 is 0. The van der Waals surface area contributed by atoms with Gasteiger partial charge < -0.3 is 15.4 Å². The van der Waals surface area contributed by atoms with Gasteiger partial charge in [-0.25, -0.2) is 0 Å². The van der Waals surface area contributed by atoms with E-state index >= 15 is 0 Å². The lowest BCUT2D eigenvalue weighted by molar-refractivity contribution is -0.123. The third-order valence-corrected chi connectivity index (χ3v) is 4.28. The summed E-state index contributed by atoms with van der Waals surface area (Å²) in [5.74, 6) is 0.405. The van der Waals surface area contributed by atoms with Crippen LogP contribution in [-0.4, -0.2) is 43.4 Å². The van der Waals surface area contributed by atoms with Gasteiger partial charge in [0.2, 0.25) is 11.8 Å². The lowest BCUT2D eigenvalue weighted by Gasteiger charge is -2.22. The van der Waals surface area contributed by atoms with E-state index in [0.717, 1.165) is 12.8 Å². The summed E-state index contributed by atoms with van der Waals surface area (Å²) in [5, 5.41) is 5.58. The molecule has 0 aromatic rings. The zero-order valence-electron chi connectivity index (χ0n) is 17.1.